The maximum Gasteiger partial charge on any atom is 0.126 e. The van der Waals surface area contributed by atoms with Crippen LogP contribution in [-0.2, 0) is 5.54 Å². The Kier molecular flexibility index (Phi) is 2.55. The van der Waals surface area contributed by atoms with Gasteiger partial charge in [-0.15, -0.1) is 0 Å². The van der Waals surface area contributed by atoms with E-state index in [1.807, 2.05) is 12.1 Å². The first-order valence-electron chi connectivity index (χ1n) is 5.57. The summed E-state index contributed by atoms with van der Waals surface area (Å²) in [7, 11) is 0. The molecule has 2 unspecified atom stereocenters. The minimum absolute atomic E-state index is 0.142. The van der Waals surface area contributed by atoms with E-state index in [1.165, 1.54) is 0 Å². The van der Waals surface area contributed by atoms with E-state index in [4.69, 9.17) is 5.73 Å². The highest BCUT2D eigenvalue weighted by molar-refractivity contribution is 5.30. The first-order chi connectivity index (χ1) is 7.01. The van der Waals surface area contributed by atoms with Crippen LogP contribution in [-0.4, -0.2) is 0 Å². The van der Waals surface area contributed by atoms with E-state index in [2.05, 4.69) is 6.92 Å². The maximum atomic E-state index is 13.4. The van der Waals surface area contributed by atoms with Crippen LogP contribution in [0.1, 0.15) is 37.3 Å². The molecule has 1 aromatic rings. The number of hydrogen-bond acceptors (Lipinski definition) is 1. The summed E-state index contributed by atoms with van der Waals surface area (Å²) in [5.41, 5.74) is 7.67. The SMILES string of the molecule is Cc1ccc(C2(N)CCC(C)C2)cc1F. The number of halogens is 1. The molecule has 1 fully saturated rings. The fourth-order valence-corrected chi connectivity index (χ4v) is 2.49. The van der Waals surface area contributed by atoms with Gasteiger partial charge in [0.2, 0.25) is 0 Å². The molecule has 1 saturated carbocycles. The Labute approximate surface area is 90.5 Å². The molecule has 1 aliphatic rings. The largest absolute Gasteiger partial charge is 0.321 e. The predicted octanol–water partition coefficient (Wildman–Crippen LogP) is 3.11. The van der Waals surface area contributed by atoms with Crippen molar-refractivity contribution in [3.8, 4) is 0 Å². The average molecular weight is 207 g/mol. The van der Waals surface area contributed by atoms with Gasteiger partial charge < -0.3 is 5.73 Å². The van der Waals surface area contributed by atoms with Crippen LogP contribution in [0, 0.1) is 18.7 Å². The molecule has 2 heteroatoms. The minimum Gasteiger partial charge on any atom is -0.321 e. The van der Waals surface area contributed by atoms with Gasteiger partial charge in [0.1, 0.15) is 5.82 Å². The second kappa shape index (κ2) is 3.60. The van der Waals surface area contributed by atoms with Gasteiger partial charge in [-0.05, 0) is 49.3 Å². The highest BCUT2D eigenvalue weighted by Gasteiger charge is 2.35. The van der Waals surface area contributed by atoms with Crippen molar-refractivity contribution in [3.63, 3.8) is 0 Å². The van der Waals surface area contributed by atoms with Crippen molar-refractivity contribution in [1.29, 1.82) is 0 Å². The Hall–Kier alpha value is -0.890. The Balaban J connectivity index is 2.33. The van der Waals surface area contributed by atoms with Crippen LogP contribution in [0.3, 0.4) is 0 Å². The first kappa shape index (κ1) is 10.6. The van der Waals surface area contributed by atoms with Crippen LogP contribution in [0.25, 0.3) is 0 Å². The summed E-state index contributed by atoms with van der Waals surface area (Å²) in [6.45, 7) is 3.98. The molecule has 0 saturated heterocycles. The molecule has 82 valence electrons. The van der Waals surface area contributed by atoms with Gasteiger partial charge in [0.25, 0.3) is 0 Å². The summed E-state index contributed by atoms with van der Waals surface area (Å²) >= 11 is 0. The van der Waals surface area contributed by atoms with E-state index >= 15 is 0 Å². The van der Waals surface area contributed by atoms with Crippen LogP contribution < -0.4 is 5.73 Å². The zero-order chi connectivity index (χ0) is 11.1. The third-order valence-electron chi connectivity index (χ3n) is 3.54. The molecule has 0 amide bonds. The van der Waals surface area contributed by atoms with Gasteiger partial charge >= 0.3 is 0 Å². The molecule has 2 N–H and O–H groups in total. The maximum absolute atomic E-state index is 13.4. The normalized spacial score (nSPS) is 30.8. The lowest BCUT2D eigenvalue weighted by molar-refractivity contribution is 0.437. The molecule has 0 aromatic heterocycles. The molecule has 0 heterocycles. The van der Waals surface area contributed by atoms with Crippen molar-refractivity contribution in [1.82, 2.24) is 0 Å². The topological polar surface area (TPSA) is 26.0 Å². The summed E-state index contributed by atoms with van der Waals surface area (Å²) < 4.78 is 13.4. The lowest BCUT2D eigenvalue weighted by Crippen LogP contribution is -2.33. The molecule has 0 spiro atoms. The zero-order valence-electron chi connectivity index (χ0n) is 9.39. The van der Waals surface area contributed by atoms with Gasteiger partial charge in [-0.3, -0.25) is 0 Å². The minimum atomic E-state index is -0.298. The molecule has 0 bridgehead atoms. The van der Waals surface area contributed by atoms with Gasteiger partial charge in [-0.2, -0.15) is 0 Å². The Bertz CT molecular complexity index is 375. The van der Waals surface area contributed by atoms with Crippen molar-refractivity contribution in [2.75, 3.05) is 0 Å². The lowest BCUT2D eigenvalue weighted by atomic mass is 9.88. The third kappa shape index (κ3) is 1.91. The van der Waals surface area contributed by atoms with Crippen LogP contribution in [0.4, 0.5) is 4.39 Å². The number of hydrogen-bond donors (Lipinski definition) is 1. The molecule has 1 nitrogen and oxygen atoms in total. The molecule has 2 atom stereocenters. The second-order valence-corrected chi connectivity index (χ2v) is 4.97. The molecule has 15 heavy (non-hydrogen) atoms. The van der Waals surface area contributed by atoms with Gasteiger partial charge in [-0.1, -0.05) is 19.1 Å². The Morgan fingerprint density at radius 3 is 2.73 bits per heavy atom. The predicted molar refractivity (Wildman–Crippen MR) is 60.0 cm³/mol. The summed E-state index contributed by atoms with van der Waals surface area (Å²) in [5.74, 6) is 0.510. The molecular formula is C13H18FN. The number of rotatable bonds is 1. The van der Waals surface area contributed by atoms with Gasteiger partial charge in [0.15, 0.2) is 0 Å². The molecule has 0 aliphatic heterocycles. The quantitative estimate of drug-likeness (QED) is 0.752. The van der Waals surface area contributed by atoms with E-state index in [-0.39, 0.29) is 11.4 Å². The second-order valence-electron chi connectivity index (χ2n) is 4.97. The van der Waals surface area contributed by atoms with E-state index in [9.17, 15) is 4.39 Å². The van der Waals surface area contributed by atoms with E-state index in [0.29, 0.717) is 11.5 Å². The van der Waals surface area contributed by atoms with Crippen molar-refractivity contribution in [2.24, 2.45) is 11.7 Å². The highest BCUT2D eigenvalue weighted by Crippen LogP contribution is 2.40. The summed E-state index contributed by atoms with van der Waals surface area (Å²) in [5, 5.41) is 0. The van der Waals surface area contributed by atoms with Crippen molar-refractivity contribution in [3.05, 3.63) is 35.1 Å². The lowest BCUT2D eigenvalue weighted by Gasteiger charge is -2.25. The summed E-state index contributed by atoms with van der Waals surface area (Å²) in [6, 6.07) is 5.39. The molecule has 0 radical (unpaired) electrons. The Morgan fingerprint density at radius 1 is 1.47 bits per heavy atom. The molecule has 1 aliphatic carbocycles. The summed E-state index contributed by atoms with van der Waals surface area (Å²) in [6.07, 6.45) is 3.08. The fraction of sp³-hybridized carbons (Fsp3) is 0.538. The van der Waals surface area contributed by atoms with Crippen LogP contribution >= 0.6 is 0 Å². The van der Waals surface area contributed by atoms with Crippen molar-refractivity contribution < 1.29 is 4.39 Å². The molecule has 1 aromatic carbocycles. The number of aryl methyl sites for hydroxylation is 1. The molecular weight excluding hydrogens is 189 g/mol. The zero-order valence-corrected chi connectivity index (χ0v) is 9.39. The highest BCUT2D eigenvalue weighted by atomic mass is 19.1. The van der Waals surface area contributed by atoms with Crippen molar-refractivity contribution >= 4 is 0 Å². The van der Waals surface area contributed by atoms with Crippen LogP contribution in [0.5, 0.6) is 0 Å². The third-order valence-corrected chi connectivity index (χ3v) is 3.54. The standard InChI is InChI=1S/C13H18FN/c1-9-5-6-13(15,8-9)11-4-3-10(2)12(14)7-11/h3-4,7,9H,5-6,8,15H2,1-2H3. The van der Waals surface area contributed by atoms with E-state index in [0.717, 1.165) is 24.8 Å². The van der Waals surface area contributed by atoms with Crippen LogP contribution in [0.2, 0.25) is 0 Å². The van der Waals surface area contributed by atoms with Crippen molar-refractivity contribution in [2.45, 2.75) is 38.6 Å². The number of nitrogens with two attached hydrogens (primary N) is 1. The van der Waals surface area contributed by atoms with E-state index < -0.39 is 0 Å². The smallest absolute Gasteiger partial charge is 0.126 e. The Morgan fingerprint density at radius 2 is 2.20 bits per heavy atom. The first-order valence-corrected chi connectivity index (χ1v) is 5.57. The van der Waals surface area contributed by atoms with Gasteiger partial charge in [0, 0.05) is 5.54 Å². The fourth-order valence-electron chi connectivity index (χ4n) is 2.49. The van der Waals surface area contributed by atoms with E-state index in [1.54, 1.807) is 13.0 Å². The van der Waals surface area contributed by atoms with Crippen LogP contribution in [0.15, 0.2) is 18.2 Å². The summed E-state index contributed by atoms with van der Waals surface area (Å²) in [4.78, 5) is 0. The van der Waals surface area contributed by atoms with Gasteiger partial charge in [0.05, 0.1) is 0 Å². The number of benzene rings is 1. The van der Waals surface area contributed by atoms with Gasteiger partial charge in [-0.25, -0.2) is 4.39 Å². The molecule has 2 rings (SSSR count). The average Bonchev–Trinajstić information content (AvgIpc) is 2.52. The monoisotopic (exact) mass is 207 g/mol.